The van der Waals surface area contributed by atoms with Gasteiger partial charge in [-0.15, -0.1) is 0 Å². The van der Waals surface area contributed by atoms with Crippen molar-refractivity contribution in [1.82, 2.24) is 5.32 Å². The Hall–Kier alpha value is -1.95. The topological polar surface area (TPSA) is 89.3 Å². The third-order valence-corrected chi connectivity index (χ3v) is 2.13. The summed E-state index contributed by atoms with van der Waals surface area (Å²) in [7, 11) is 0. The Morgan fingerprint density at radius 2 is 2.12 bits per heavy atom. The average Bonchev–Trinajstić information content (AvgIpc) is 2.25. The van der Waals surface area contributed by atoms with Crippen LogP contribution in [0, 0.1) is 10.1 Å². The summed E-state index contributed by atoms with van der Waals surface area (Å²) in [5.74, 6) is -0.918. The number of nitrogens with zero attached hydrogens (tertiary/aromatic N) is 1. The molecule has 1 aromatic carbocycles. The van der Waals surface area contributed by atoms with Crippen LogP contribution in [0.2, 0.25) is 5.02 Å². The number of ketones is 1. The van der Waals surface area contributed by atoms with Crippen LogP contribution < -0.4 is 5.32 Å². The van der Waals surface area contributed by atoms with E-state index >= 15 is 0 Å². The molecule has 7 heteroatoms. The van der Waals surface area contributed by atoms with E-state index in [9.17, 15) is 19.7 Å². The number of carbonyl (C=O) groups is 2. The molecule has 0 aromatic heterocycles. The first-order valence-corrected chi connectivity index (χ1v) is 5.01. The Balaban J connectivity index is 3.00. The molecule has 1 rings (SSSR count). The molecular formula is C10H9ClN2O4. The van der Waals surface area contributed by atoms with Crippen molar-refractivity contribution in [1.29, 1.82) is 0 Å². The van der Waals surface area contributed by atoms with E-state index in [4.69, 9.17) is 11.6 Å². The molecule has 0 aliphatic rings. The highest BCUT2D eigenvalue weighted by Gasteiger charge is 2.20. The van der Waals surface area contributed by atoms with Gasteiger partial charge in [-0.25, -0.2) is 0 Å². The minimum atomic E-state index is -0.700. The second-order valence-electron chi connectivity index (χ2n) is 3.30. The number of Topliss-reactive ketones (excluding diaryl/α,β-unsaturated/α-hetero) is 1. The fourth-order valence-electron chi connectivity index (χ4n) is 1.15. The van der Waals surface area contributed by atoms with E-state index in [1.165, 1.54) is 19.1 Å². The van der Waals surface area contributed by atoms with Gasteiger partial charge < -0.3 is 5.32 Å². The molecular weight excluding hydrogens is 248 g/mol. The van der Waals surface area contributed by atoms with Crippen LogP contribution in [-0.2, 0) is 4.79 Å². The summed E-state index contributed by atoms with van der Waals surface area (Å²) in [6.07, 6.45) is 0. The van der Waals surface area contributed by atoms with Gasteiger partial charge in [0.1, 0.15) is 11.3 Å². The van der Waals surface area contributed by atoms with E-state index in [1.807, 2.05) is 0 Å². The molecule has 0 unspecified atom stereocenters. The number of carbonyl (C=O) groups excluding carboxylic acids is 2. The first kappa shape index (κ1) is 13.1. The lowest BCUT2D eigenvalue weighted by molar-refractivity contribution is -0.385. The summed E-state index contributed by atoms with van der Waals surface area (Å²) in [4.78, 5) is 32.3. The van der Waals surface area contributed by atoms with Crippen LogP contribution in [0.25, 0.3) is 0 Å². The second-order valence-corrected chi connectivity index (χ2v) is 3.74. The maximum Gasteiger partial charge on any atom is 0.283 e. The number of hydrogen-bond acceptors (Lipinski definition) is 4. The van der Waals surface area contributed by atoms with E-state index < -0.39 is 16.5 Å². The van der Waals surface area contributed by atoms with Gasteiger partial charge in [0, 0.05) is 11.1 Å². The SMILES string of the molecule is CC(=O)CNC(=O)c1ccc(Cl)cc1[N+](=O)[O-]. The van der Waals surface area contributed by atoms with Gasteiger partial charge in [0.2, 0.25) is 0 Å². The lowest BCUT2D eigenvalue weighted by Gasteiger charge is -2.04. The van der Waals surface area contributed by atoms with Crippen molar-refractivity contribution < 1.29 is 14.5 Å². The van der Waals surface area contributed by atoms with Crippen LogP contribution in [0.4, 0.5) is 5.69 Å². The quantitative estimate of drug-likeness (QED) is 0.654. The molecule has 1 amide bonds. The highest BCUT2D eigenvalue weighted by atomic mass is 35.5. The van der Waals surface area contributed by atoms with E-state index in [0.29, 0.717) is 0 Å². The maximum absolute atomic E-state index is 11.6. The third-order valence-electron chi connectivity index (χ3n) is 1.90. The van der Waals surface area contributed by atoms with Crippen molar-refractivity contribution in [2.75, 3.05) is 6.54 Å². The highest BCUT2D eigenvalue weighted by Crippen LogP contribution is 2.22. The van der Waals surface area contributed by atoms with Gasteiger partial charge in [0.05, 0.1) is 11.5 Å². The van der Waals surface area contributed by atoms with Crippen molar-refractivity contribution >= 4 is 29.0 Å². The molecule has 17 heavy (non-hydrogen) atoms. The molecule has 0 heterocycles. The number of nitro groups is 1. The Morgan fingerprint density at radius 1 is 1.47 bits per heavy atom. The van der Waals surface area contributed by atoms with Crippen molar-refractivity contribution in [2.24, 2.45) is 0 Å². The standard InChI is InChI=1S/C10H9ClN2O4/c1-6(14)5-12-10(15)8-3-2-7(11)4-9(8)13(16)17/h2-4H,5H2,1H3,(H,12,15). The van der Waals surface area contributed by atoms with Crippen molar-refractivity contribution in [2.45, 2.75) is 6.92 Å². The molecule has 0 radical (unpaired) electrons. The van der Waals surface area contributed by atoms with Gasteiger partial charge in [0.25, 0.3) is 11.6 Å². The predicted octanol–water partition coefficient (Wildman–Crippen LogP) is 1.57. The molecule has 90 valence electrons. The van der Waals surface area contributed by atoms with E-state index in [0.717, 1.165) is 6.07 Å². The summed E-state index contributed by atoms with van der Waals surface area (Å²) in [5, 5.41) is 13.2. The molecule has 6 nitrogen and oxygen atoms in total. The van der Waals surface area contributed by atoms with Crippen LogP contribution in [0.5, 0.6) is 0 Å². The summed E-state index contributed by atoms with van der Waals surface area (Å²) in [6.45, 7) is 1.13. The Morgan fingerprint density at radius 3 is 2.65 bits per heavy atom. The zero-order valence-corrected chi connectivity index (χ0v) is 9.65. The van der Waals surface area contributed by atoms with Crippen LogP contribution >= 0.6 is 11.6 Å². The summed E-state index contributed by atoms with van der Waals surface area (Å²) in [6, 6.07) is 3.71. The van der Waals surface area contributed by atoms with Gasteiger partial charge >= 0.3 is 0 Å². The Kier molecular flexibility index (Phi) is 4.17. The van der Waals surface area contributed by atoms with Crippen molar-refractivity contribution in [3.63, 3.8) is 0 Å². The van der Waals surface area contributed by atoms with E-state index in [1.54, 1.807) is 0 Å². The van der Waals surface area contributed by atoms with Crippen LogP contribution in [0.15, 0.2) is 18.2 Å². The minimum absolute atomic E-state index is 0.124. The van der Waals surface area contributed by atoms with Crippen LogP contribution in [0.3, 0.4) is 0 Å². The molecule has 0 fully saturated rings. The Labute approximate surface area is 102 Å². The van der Waals surface area contributed by atoms with Crippen LogP contribution in [-0.4, -0.2) is 23.2 Å². The number of nitrogens with one attached hydrogen (secondary N) is 1. The van der Waals surface area contributed by atoms with Crippen LogP contribution in [0.1, 0.15) is 17.3 Å². The number of hydrogen-bond donors (Lipinski definition) is 1. The number of amides is 1. The molecule has 0 aliphatic heterocycles. The normalized spacial score (nSPS) is 9.76. The van der Waals surface area contributed by atoms with E-state index in [2.05, 4.69) is 5.32 Å². The van der Waals surface area contributed by atoms with Gasteiger partial charge in [0.15, 0.2) is 0 Å². The monoisotopic (exact) mass is 256 g/mol. The third kappa shape index (κ3) is 3.53. The van der Waals surface area contributed by atoms with Gasteiger partial charge in [-0.3, -0.25) is 19.7 Å². The predicted molar refractivity (Wildman–Crippen MR) is 61.1 cm³/mol. The molecule has 0 atom stereocenters. The zero-order valence-electron chi connectivity index (χ0n) is 8.90. The lowest BCUT2D eigenvalue weighted by atomic mass is 10.1. The van der Waals surface area contributed by atoms with Gasteiger partial charge in [-0.05, 0) is 19.1 Å². The zero-order chi connectivity index (χ0) is 13.0. The fraction of sp³-hybridized carbons (Fsp3) is 0.200. The molecule has 0 aliphatic carbocycles. The van der Waals surface area contributed by atoms with Crippen molar-refractivity contribution in [3.05, 3.63) is 38.9 Å². The summed E-state index contributed by atoms with van der Waals surface area (Å²) in [5.41, 5.74) is -0.515. The molecule has 0 spiro atoms. The summed E-state index contributed by atoms with van der Waals surface area (Å²) >= 11 is 5.60. The Bertz CT molecular complexity index is 487. The largest absolute Gasteiger partial charge is 0.345 e. The first-order valence-electron chi connectivity index (χ1n) is 4.63. The number of rotatable bonds is 4. The lowest BCUT2D eigenvalue weighted by Crippen LogP contribution is -2.28. The fourth-order valence-corrected chi connectivity index (χ4v) is 1.31. The van der Waals surface area contributed by atoms with Crippen molar-refractivity contribution in [3.8, 4) is 0 Å². The summed E-state index contributed by atoms with van der Waals surface area (Å²) < 4.78 is 0. The molecule has 1 aromatic rings. The molecule has 0 saturated carbocycles. The highest BCUT2D eigenvalue weighted by molar-refractivity contribution is 6.31. The van der Waals surface area contributed by atoms with E-state index in [-0.39, 0.29) is 22.9 Å². The average molecular weight is 257 g/mol. The second kappa shape index (κ2) is 5.40. The van der Waals surface area contributed by atoms with Gasteiger partial charge in [-0.1, -0.05) is 11.6 Å². The molecule has 0 bridgehead atoms. The smallest absolute Gasteiger partial charge is 0.283 e. The molecule has 1 N–H and O–H groups in total. The number of halogens is 1. The maximum atomic E-state index is 11.6. The van der Waals surface area contributed by atoms with Gasteiger partial charge in [-0.2, -0.15) is 0 Å². The number of nitro benzene ring substituents is 1. The molecule has 0 saturated heterocycles. The minimum Gasteiger partial charge on any atom is -0.345 e. The number of benzene rings is 1. The first-order chi connectivity index (χ1) is 7.91.